The summed E-state index contributed by atoms with van der Waals surface area (Å²) in [6.07, 6.45) is 0. The highest BCUT2D eigenvalue weighted by Gasteiger charge is 2.17. The van der Waals surface area contributed by atoms with E-state index in [0.29, 0.717) is 30.3 Å². The first-order valence-corrected chi connectivity index (χ1v) is 10.6. The second-order valence-electron chi connectivity index (χ2n) is 6.80. The molecule has 30 heavy (non-hydrogen) atoms. The minimum Gasteiger partial charge on any atom is -0.486 e. The monoisotopic (exact) mass is 414 g/mol. The maximum absolute atomic E-state index is 12.8. The molecule has 1 aliphatic rings. The Morgan fingerprint density at radius 3 is 2.33 bits per heavy atom. The molecule has 0 atom stereocenters. The number of Topliss-reactive ketones (excluding diaryl/α,β-unsaturated/α-hetero) is 1. The average Bonchev–Trinajstić information content (AvgIpc) is 2.82. The summed E-state index contributed by atoms with van der Waals surface area (Å²) < 4.78 is 11.1. The fraction of sp³-hybridized carbons (Fsp3) is 0.125. The molecule has 0 unspecified atom stereocenters. The third kappa shape index (κ3) is 3.74. The van der Waals surface area contributed by atoms with E-state index in [0.717, 1.165) is 27.3 Å². The number of hydrogen-bond acceptors (Lipinski definition) is 6. The summed E-state index contributed by atoms with van der Waals surface area (Å²) in [7, 11) is 0. The van der Waals surface area contributed by atoms with Crippen molar-refractivity contribution in [2.24, 2.45) is 0 Å². The number of para-hydroxylation sites is 2. The van der Waals surface area contributed by atoms with Crippen LogP contribution in [0.4, 0.5) is 0 Å². The fourth-order valence-electron chi connectivity index (χ4n) is 3.30. The molecule has 0 saturated heterocycles. The molecule has 0 saturated carbocycles. The van der Waals surface area contributed by atoms with Gasteiger partial charge < -0.3 is 9.47 Å². The van der Waals surface area contributed by atoms with Crippen molar-refractivity contribution in [3.05, 3.63) is 78.4 Å². The Balaban J connectivity index is 1.44. The topological polar surface area (TPSA) is 61.3 Å². The predicted octanol–water partition coefficient (Wildman–Crippen LogP) is 5.04. The van der Waals surface area contributed by atoms with Crippen LogP contribution < -0.4 is 9.47 Å². The Labute approximate surface area is 178 Å². The molecule has 5 nitrogen and oxygen atoms in total. The third-order valence-electron chi connectivity index (χ3n) is 4.79. The SMILES string of the molecule is O=C(CSc1nc2ccccc2nc1-c1ccccc1)c1ccc2c(c1)OCCO2. The van der Waals surface area contributed by atoms with Crippen molar-refractivity contribution in [3.8, 4) is 22.8 Å². The molecule has 1 aromatic heterocycles. The number of rotatable bonds is 5. The molecular weight excluding hydrogens is 396 g/mol. The Kier molecular flexibility index (Phi) is 5.07. The number of aromatic nitrogens is 2. The Morgan fingerprint density at radius 2 is 1.53 bits per heavy atom. The second-order valence-corrected chi connectivity index (χ2v) is 7.77. The van der Waals surface area contributed by atoms with Crippen molar-refractivity contribution in [1.82, 2.24) is 9.97 Å². The van der Waals surface area contributed by atoms with E-state index in [1.165, 1.54) is 11.8 Å². The van der Waals surface area contributed by atoms with Crippen molar-refractivity contribution >= 4 is 28.6 Å². The van der Waals surface area contributed by atoms with Gasteiger partial charge in [-0.15, -0.1) is 0 Å². The van der Waals surface area contributed by atoms with Crippen LogP contribution in [0.25, 0.3) is 22.3 Å². The largest absolute Gasteiger partial charge is 0.486 e. The molecule has 0 spiro atoms. The molecule has 2 heterocycles. The van der Waals surface area contributed by atoms with Crippen LogP contribution in [0, 0.1) is 0 Å². The van der Waals surface area contributed by atoms with Crippen molar-refractivity contribution in [2.75, 3.05) is 19.0 Å². The summed E-state index contributed by atoms with van der Waals surface area (Å²) >= 11 is 1.40. The molecule has 3 aromatic carbocycles. The van der Waals surface area contributed by atoms with Gasteiger partial charge >= 0.3 is 0 Å². The van der Waals surface area contributed by atoms with E-state index in [1.807, 2.05) is 54.6 Å². The molecule has 1 aliphatic heterocycles. The molecule has 148 valence electrons. The molecule has 0 fully saturated rings. The van der Waals surface area contributed by atoms with E-state index in [9.17, 15) is 4.79 Å². The van der Waals surface area contributed by atoms with Gasteiger partial charge in [0.1, 0.15) is 23.9 Å². The van der Waals surface area contributed by atoms with Gasteiger partial charge in [0.15, 0.2) is 17.3 Å². The summed E-state index contributed by atoms with van der Waals surface area (Å²) in [6.45, 7) is 1.02. The minimum atomic E-state index is 0.00550. The fourth-order valence-corrected chi connectivity index (χ4v) is 4.20. The summed E-state index contributed by atoms with van der Waals surface area (Å²) in [5, 5.41) is 0.741. The second kappa shape index (κ2) is 8.16. The highest BCUT2D eigenvalue weighted by atomic mass is 32.2. The molecule has 6 heteroatoms. The highest BCUT2D eigenvalue weighted by Crippen LogP contribution is 2.33. The number of hydrogen-bond donors (Lipinski definition) is 0. The zero-order valence-electron chi connectivity index (χ0n) is 16.1. The number of nitrogens with zero attached hydrogens (tertiary/aromatic N) is 2. The van der Waals surface area contributed by atoms with Gasteiger partial charge in [-0.3, -0.25) is 4.79 Å². The van der Waals surface area contributed by atoms with Crippen LogP contribution in [-0.4, -0.2) is 34.7 Å². The average molecular weight is 414 g/mol. The van der Waals surface area contributed by atoms with Gasteiger partial charge in [-0.05, 0) is 30.3 Å². The maximum Gasteiger partial charge on any atom is 0.173 e. The summed E-state index contributed by atoms with van der Waals surface area (Å²) in [5.74, 6) is 1.56. The maximum atomic E-state index is 12.8. The van der Waals surface area contributed by atoms with Crippen LogP contribution in [0.3, 0.4) is 0 Å². The van der Waals surface area contributed by atoms with Crippen molar-refractivity contribution in [1.29, 1.82) is 0 Å². The first-order chi connectivity index (χ1) is 14.8. The smallest absolute Gasteiger partial charge is 0.173 e. The summed E-state index contributed by atoms with van der Waals surface area (Å²) in [4.78, 5) is 22.5. The number of ketones is 1. The number of benzene rings is 3. The number of carbonyl (C=O) groups is 1. The standard InChI is InChI=1S/C24H18N2O3S/c27-20(17-10-11-21-22(14-17)29-13-12-28-21)15-30-24-23(16-6-2-1-3-7-16)25-18-8-4-5-9-19(18)26-24/h1-11,14H,12-13,15H2. The Bertz CT molecular complexity index is 1230. The van der Waals surface area contributed by atoms with E-state index in [1.54, 1.807) is 18.2 Å². The minimum absolute atomic E-state index is 0.00550. The van der Waals surface area contributed by atoms with E-state index in [4.69, 9.17) is 19.4 Å². The van der Waals surface area contributed by atoms with Crippen molar-refractivity contribution in [2.45, 2.75) is 5.03 Å². The normalized spacial score (nSPS) is 12.7. The van der Waals surface area contributed by atoms with Gasteiger partial charge in [-0.25, -0.2) is 9.97 Å². The number of thioether (sulfide) groups is 1. The lowest BCUT2D eigenvalue weighted by Gasteiger charge is -2.18. The lowest BCUT2D eigenvalue weighted by Crippen LogP contribution is -2.16. The first-order valence-electron chi connectivity index (χ1n) is 9.66. The van der Waals surface area contributed by atoms with Gasteiger partial charge in [0.2, 0.25) is 0 Å². The van der Waals surface area contributed by atoms with E-state index >= 15 is 0 Å². The first kappa shape index (κ1) is 18.6. The summed E-state index contributed by atoms with van der Waals surface area (Å²) in [6, 6.07) is 23.0. The zero-order chi connectivity index (χ0) is 20.3. The lowest BCUT2D eigenvalue weighted by molar-refractivity contribution is 0.102. The lowest BCUT2D eigenvalue weighted by atomic mass is 10.1. The van der Waals surface area contributed by atoms with Crippen LogP contribution in [0.5, 0.6) is 11.5 Å². The Hall–Kier alpha value is -3.38. The third-order valence-corrected chi connectivity index (χ3v) is 5.75. The van der Waals surface area contributed by atoms with Gasteiger partial charge in [0, 0.05) is 11.1 Å². The van der Waals surface area contributed by atoms with Crippen LogP contribution in [0.1, 0.15) is 10.4 Å². The molecule has 0 amide bonds. The quantitative estimate of drug-likeness (QED) is 0.337. The summed E-state index contributed by atoms with van der Waals surface area (Å²) in [5.41, 5.74) is 4.01. The molecule has 0 N–H and O–H groups in total. The van der Waals surface area contributed by atoms with Crippen molar-refractivity contribution in [3.63, 3.8) is 0 Å². The number of fused-ring (bicyclic) bond motifs is 2. The van der Waals surface area contributed by atoms with E-state index in [-0.39, 0.29) is 11.5 Å². The van der Waals surface area contributed by atoms with Crippen LogP contribution in [-0.2, 0) is 0 Å². The van der Waals surface area contributed by atoms with Crippen LogP contribution >= 0.6 is 11.8 Å². The molecule has 4 aromatic rings. The van der Waals surface area contributed by atoms with E-state index < -0.39 is 0 Å². The highest BCUT2D eigenvalue weighted by molar-refractivity contribution is 8.00. The molecule has 5 rings (SSSR count). The van der Waals surface area contributed by atoms with Crippen LogP contribution in [0.15, 0.2) is 77.8 Å². The van der Waals surface area contributed by atoms with Gasteiger partial charge in [-0.1, -0.05) is 54.2 Å². The Morgan fingerprint density at radius 1 is 0.833 bits per heavy atom. The van der Waals surface area contributed by atoms with Gasteiger partial charge in [-0.2, -0.15) is 0 Å². The molecule has 0 aliphatic carbocycles. The molecule has 0 radical (unpaired) electrons. The number of carbonyl (C=O) groups excluding carboxylic acids is 1. The van der Waals surface area contributed by atoms with Gasteiger partial charge in [0.25, 0.3) is 0 Å². The zero-order valence-corrected chi connectivity index (χ0v) is 16.9. The number of ether oxygens (including phenoxy) is 2. The van der Waals surface area contributed by atoms with E-state index in [2.05, 4.69) is 0 Å². The molecular formula is C24H18N2O3S. The van der Waals surface area contributed by atoms with Gasteiger partial charge in [0.05, 0.1) is 16.8 Å². The van der Waals surface area contributed by atoms with Crippen LogP contribution in [0.2, 0.25) is 0 Å². The molecule has 0 bridgehead atoms. The predicted molar refractivity (Wildman–Crippen MR) is 117 cm³/mol. The van der Waals surface area contributed by atoms with Crippen molar-refractivity contribution < 1.29 is 14.3 Å².